The van der Waals surface area contributed by atoms with Gasteiger partial charge >= 0.3 is 0 Å². The van der Waals surface area contributed by atoms with Crippen LogP contribution in [0.5, 0.6) is 0 Å². The highest BCUT2D eigenvalue weighted by molar-refractivity contribution is 7.09. The normalized spacial score (nSPS) is 13.8. The zero-order chi connectivity index (χ0) is 16.9. The molecule has 2 aromatic heterocycles. The Balaban J connectivity index is 0.00000225. The fourth-order valence-electron chi connectivity index (χ4n) is 2.65. The molecule has 152 valence electrons. The second kappa shape index (κ2) is 12.3. The largest absolute Gasteiger partial charge is 0.354 e. The molecule has 1 aliphatic rings. The summed E-state index contributed by atoms with van der Waals surface area (Å²) < 4.78 is 0. The molecule has 0 atom stereocenters. The molecule has 0 aromatic carbocycles. The summed E-state index contributed by atoms with van der Waals surface area (Å²) in [5, 5.41) is 5.43. The lowest BCUT2D eigenvalue weighted by molar-refractivity contribution is 0.0946. The number of carbonyl (C=O) groups excluding carboxylic acids is 1. The lowest BCUT2D eigenvalue weighted by Gasteiger charge is -2.34. The SMILES string of the molecule is CN1CCN(c2ncccc2CNC(=O)c2csc(CN)n2)CC1.Cl.Cl.Cl. The monoisotopic (exact) mass is 454 g/mol. The number of aromatic nitrogens is 2. The maximum absolute atomic E-state index is 12.2. The molecular formula is C16H25Cl3N6OS. The van der Waals surface area contributed by atoms with Gasteiger partial charge in [0.05, 0.1) is 0 Å². The van der Waals surface area contributed by atoms with E-state index in [0.717, 1.165) is 42.6 Å². The van der Waals surface area contributed by atoms with Crippen molar-refractivity contribution >= 4 is 60.3 Å². The average molecular weight is 456 g/mol. The van der Waals surface area contributed by atoms with Gasteiger partial charge < -0.3 is 20.9 Å². The van der Waals surface area contributed by atoms with E-state index in [2.05, 4.69) is 32.1 Å². The minimum atomic E-state index is -0.181. The lowest BCUT2D eigenvalue weighted by atomic mass is 10.2. The van der Waals surface area contributed by atoms with Gasteiger partial charge in [0.2, 0.25) is 0 Å². The third-order valence-corrected chi connectivity index (χ3v) is 4.94. The van der Waals surface area contributed by atoms with Crippen LogP contribution >= 0.6 is 48.6 Å². The van der Waals surface area contributed by atoms with Crippen LogP contribution in [-0.4, -0.2) is 54.0 Å². The maximum Gasteiger partial charge on any atom is 0.271 e. The summed E-state index contributed by atoms with van der Waals surface area (Å²) >= 11 is 1.40. The summed E-state index contributed by atoms with van der Waals surface area (Å²) in [5.74, 6) is 0.769. The summed E-state index contributed by atoms with van der Waals surface area (Å²) in [6, 6.07) is 3.91. The first-order chi connectivity index (χ1) is 11.7. The number of piperazine rings is 1. The number of hydrogen-bond donors (Lipinski definition) is 2. The predicted octanol–water partition coefficient (Wildman–Crippen LogP) is 1.94. The number of carbonyl (C=O) groups is 1. The highest BCUT2D eigenvalue weighted by Gasteiger charge is 2.18. The second-order valence-corrected chi connectivity index (χ2v) is 6.73. The van der Waals surface area contributed by atoms with Crippen LogP contribution in [0.1, 0.15) is 21.1 Å². The highest BCUT2D eigenvalue weighted by Crippen LogP contribution is 2.19. The number of nitrogens with two attached hydrogens (primary N) is 1. The molecule has 2 aromatic rings. The average Bonchev–Trinajstić information content (AvgIpc) is 3.10. The van der Waals surface area contributed by atoms with Crippen molar-refractivity contribution in [2.75, 3.05) is 38.1 Å². The molecule has 0 spiro atoms. The number of hydrogen-bond acceptors (Lipinski definition) is 7. The van der Waals surface area contributed by atoms with Crippen molar-refractivity contribution in [1.29, 1.82) is 0 Å². The predicted molar refractivity (Wildman–Crippen MR) is 117 cm³/mol. The second-order valence-electron chi connectivity index (χ2n) is 5.79. The topological polar surface area (TPSA) is 87.4 Å². The molecule has 0 aliphatic carbocycles. The Bertz CT molecular complexity index is 709. The summed E-state index contributed by atoms with van der Waals surface area (Å²) in [4.78, 5) is 25.5. The molecule has 0 radical (unpaired) electrons. The van der Waals surface area contributed by atoms with Crippen molar-refractivity contribution < 1.29 is 4.79 Å². The molecule has 27 heavy (non-hydrogen) atoms. The van der Waals surface area contributed by atoms with Crippen molar-refractivity contribution in [2.24, 2.45) is 5.73 Å². The van der Waals surface area contributed by atoms with Gasteiger partial charge in [-0.25, -0.2) is 9.97 Å². The molecular weight excluding hydrogens is 431 g/mol. The molecule has 1 aliphatic heterocycles. The van der Waals surface area contributed by atoms with E-state index in [1.165, 1.54) is 11.3 Å². The Labute approximate surface area is 182 Å². The maximum atomic E-state index is 12.2. The number of nitrogens with one attached hydrogen (secondary N) is 1. The van der Waals surface area contributed by atoms with Gasteiger partial charge in [0.15, 0.2) is 0 Å². The van der Waals surface area contributed by atoms with Gasteiger partial charge in [0.1, 0.15) is 16.5 Å². The molecule has 0 bridgehead atoms. The molecule has 1 saturated heterocycles. The fourth-order valence-corrected chi connectivity index (χ4v) is 3.30. The van der Waals surface area contributed by atoms with Gasteiger partial charge in [0.25, 0.3) is 5.91 Å². The highest BCUT2D eigenvalue weighted by atomic mass is 35.5. The van der Waals surface area contributed by atoms with Crippen molar-refractivity contribution in [2.45, 2.75) is 13.1 Å². The minimum absolute atomic E-state index is 0. The van der Waals surface area contributed by atoms with E-state index in [1.54, 1.807) is 11.6 Å². The molecule has 1 amide bonds. The standard InChI is InChI=1S/C16H22N6OS.3ClH/c1-21-5-7-22(8-6-21)15-12(3-2-4-18-15)10-19-16(23)13-11-24-14(9-17)20-13;;;/h2-4,11H,5-10,17H2,1H3,(H,19,23);3*1H. The van der Waals surface area contributed by atoms with E-state index in [9.17, 15) is 4.79 Å². The first kappa shape index (κ1) is 25.8. The summed E-state index contributed by atoms with van der Waals surface area (Å²) in [6.45, 7) is 4.71. The number of thiazole rings is 1. The van der Waals surface area contributed by atoms with Crippen LogP contribution in [0.2, 0.25) is 0 Å². The van der Waals surface area contributed by atoms with Crippen molar-refractivity contribution in [1.82, 2.24) is 20.2 Å². The van der Waals surface area contributed by atoms with Crippen LogP contribution in [-0.2, 0) is 13.1 Å². The zero-order valence-corrected chi connectivity index (χ0v) is 18.2. The Morgan fingerprint density at radius 3 is 2.59 bits per heavy atom. The number of amides is 1. The Kier molecular flexibility index (Phi) is 11.8. The molecule has 3 N–H and O–H groups in total. The van der Waals surface area contributed by atoms with E-state index < -0.39 is 0 Å². The number of anilines is 1. The molecule has 0 saturated carbocycles. The third-order valence-electron chi connectivity index (χ3n) is 4.07. The first-order valence-electron chi connectivity index (χ1n) is 7.97. The number of halogens is 3. The summed E-state index contributed by atoms with van der Waals surface area (Å²) in [6.07, 6.45) is 1.80. The molecule has 3 rings (SSSR count). The number of pyridine rings is 1. The number of rotatable bonds is 5. The van der Waals surface area contributed by atoms with Gasteiger partial charge in [0, 0.05) is 56.4 Å². The van der Waals surface area contributed by atoms with Crippen LogP contribution in [0.3, 0.4) is 0 Å². The third kappa shape index (κ3) is 6.74. The van der Waals surface area contributed by atoms with Gasteiger partial charge in [-0.3, -0.25) is 4.79 Å². The van der Waals surface area contributed by atoms with Crippen LogP contribution in [0, 0.1) is 0 Å². The molecule has 7 nitrogen and oxygen atoms in total. The van der Waals surface area contributed by atoms with Gasteiger partial charge in [-0.15, -0.1) is 48.6 Å². The van der Waals surface area contributed by atoms with E-state index in [0.29, 0.717) is 18.8 Å². The van der Waals surface area contributed by atoms with Crippen LogP contribution in [0.25, 0.3) is 0 Å². The molecule has 0 unspecified atom stereocenters. The van der Waals surface area contributed by atoms with Gasteiger partial charge in [-0.1, -0.05) is 6.07 Å². The minimum Gasteiger partial charge on any atom is -0.354 e. The molecule has 11 heteroatoms. The quantitative estimate of drug-likeness (QED) is 0.716. The van der Waals surface area contributed by atoms with Crippen molar-refractivity contribution in [3.05, 3.63) is 40.0 Å². The van der Waals surface area contributed by atoms with Crippen molar-refractivity contribution in [3.63, 3.8) is 0 Å². The van der Waals surface area contributed by atoms with E-state index in [4.69, 9.17) is 5.73 Å². The van der Waals surface area contributed by atoms with Crippen LogP contribution in [0.15, 0.2) is 23.7 Å². The summed E-state index contributed by atoms with van der Waals surface area (Å²) in [7, 11) is 2.13. The lowest BCUT2D eigenvalue weighted by Crippen LogP contribution is -2.45. The Morgan fingerprint density at radius 2 is 1.96 bits per heavy atom. The zero-order valence-electron chi connectivity index (χ0n) is 15.0. The van der Waals surface area contributed by atoms with Crippen LogP contribution < -0.4 is 16.0 Å². The first-order valence-corrected chi connectivity index (χ1v) is 8.85. The van der Waals surface area contributed by atoms with E-state index >= 15 is 0 Å². The van der Waals surface area contributed by atoms with E-state index in [1.807, 2.05) is 12.1 Å². The number of likely N-dealkylation sites (N-methyl/N-ethyl adjacent to an activating group) is 1. The summed E-state index contributed by atoms with van der Waals surface area (Å²) in [5.41, 5.74) is 6.98. The van der Waals surface area contributed by atoms with E-state index in [-0.39, 0.29) is 43.1 Å². The smallest absolute Gasteiger partial charge is 0.271 e. The Hall–Kier alpha value is -1.16. The molecule has 1 fully saturated rings. The molecule has 3 heterocycles. The van der Waals surface area contributed by atoms with Gasteiger partial charge in [-0.2, -0.15) is 0 Å². The number of nitrogens with zero attached hydrogens (tertiary/aromatic N) is 4. The van der Waals surface area contributed by atoms with Gasteiger partial charge in [-0.05, 0) is 13.1 Å². The van der Waals surface area contributed by atoms with Crippen molar-refractivity contribution in [3.8, 4) is 0 Å². The Morgan fingerprint density at radius 1 is 1.26 bits per heavy atom. The fraction of sp³-hybridized carbons (Fsp3) is 0.438. The van der Waals surface area contributed by atoms with Crippen LogP contribution in [0.4, 0.5) is 5.82 Å².